The predicted molar refractivity (Wildman–Crippen MR) is 75.8 cm³/mol. The fourth-order valence-corrected chi connectivity index (χ4v) is 2.33. The molecule has 0 aromatic carbocycles. The van der Waals surface area contributed by atoms with Crippen LogP contribution in [0.1, 0.15) is 28.4 Å². The second-order valence-electron chi connectivity index (χ2n) is 4.72. The van der Waals surface area contributed by atoms with Crippen LogP contribution in [0.5, 0.6) is 0 Å². The summed E-state index contributed by atoms with van der Waals surface area (Å²) in [5, 5.41) is 13.8. The zero-order valence-electron chi connectivity index (χ0n) is 11.6. The monoisotopic (exact) mass is 298 g/mol. The minimum Gasteiger partial charge on any atom is -0.480 e. The van der Waals surface area contributed by atoms with Crippen molar-refractivity contribution in [2.24, 2.45) is 5.92 Å². The first-order valence-electron chi connectivity index (χ1n) is 6.18. The van der Waals surface area contributed by atoms with E-state index in [9.17, 15) is 14.4 Å². The summed E-state index contributed by atoms with van der Waals surface area (Å²) in [6.07, 6.45) is 0. The van der Waals surface area contributed by atoms with Gasteiger partial charge < -0.3 is 15.7 Å². The van der Waals surface area contributed by atoms with Crippen LogP contribution < -0.4 is 10.6 Å². The van der Waals surface area contributed by atoms with Gasteiger partial charge in [0, 0.05) is 4.88 Å². The van der Waals surface area contributed by atoms with E-state index in [-0.39, 0.29) is 18.4 Å². The Bertz CT molecular complexity index is 510. The van der Waals surface area contributed by atoms with Gasteiger partial charge >= 0.3 is 5.97 Å². The molecule has 110 valence electrons. The van der Waals surface area contributed by atoms with Gasteiger partial charge in [-0.05, 0) is 25.0 Å². The number of carbonyl (C=O) groups excluding carboxylic acids is 2. The number of aryl methyl sites for hydroxylation is 1. The highest BCUT2D eigenvalue weighted by Crippen LogP contribution is 2.14. The standard InChI is InChI=1S/C13H18N2O4S/c1-7(2)11(13(18)19)15-10(16)6-14-12(17)9-5-4-8(3)20-9/h4-5,7,11H,6H2,1-3H3,(H,14,17)(H,15,16)(H,18,19)/t11-/m1/s1. The Morgan fingerprint density at radius 3 is 2.40 bits per heavy atom. The Balaban J connectivity index is 2.47. The van der Waals surface area contributed by atoms with Gasteiger partial charge in [0.25, 0.3) is 5.91 Å². The van der Waals surface area contributed by atoms with E-state index in [0.717, 1.165) is 4.88 Å². The van der Waals surface area contributed by atoms with Crippen molar-refractivity contribution in [2.75, 3.05) is 6.54 Å². The Morgan fingerprint density at radius 1 is 1.30 bits per heavy atom. The first-order chi connectivity index (χ1) is 9.31. The van der Waals surface area contributed by atoms with E-state index in [0.29, 0.717) is 4.88 Å². The Morgan fingerprint density at radius 2 is 1.95 bits per heavy atom. The number of rotatable bonds is 6. The van der Waals surface area contributed by atoms with E-state index in [1.54, 1.807) is 19.9 Å². The van der Waals surface area contributed by atoms with Crippen LogP contribution >= 0.6 is 11.3 Å². The first-order valence-corrected chi connectivity index (χ1v) is 6.99. The molecule has 0 bridgehead atoms. The summed E-state index contributed by atoms with van der Waals surface area (Å²) in [5.74, 6) is -2.18. The van der Waals surface area contributed by atoms with E-state index in [4.69, 9.17) is 5.11 Å². The van der Waals surface area contributed by atoms with Gasteiger partial charge in [-0.3, -0.25) is 9.59 Å². The second kappa shape index (κ2) is 7.04. The second-order valence-corrected chi connectivity index (χ2v) is 6.01. The number of thiophene rings is 1. The highest BCUT2D eigenvalue weighted by Gasteiger charge is 2.23. The molecule has 1 heterocycles. The van der Waals surface area contributed by atoms with Crippen molar-refractivity contribution < 1.29 is 19.5 Å². The zero-order chi connectivity index (χ0) is 15.3. The van der Waals surface area contributed by atoms with Gasteiger partial charge in [-0.15, -0.1) is 11.3 Å². The summed E-state index contributed by atoms with van der Waals surface area (Å²) < 4.78 is 0. The third-order valence-electron chi connectivity index (χ3n) is 2.62. The van der Waals surface area contributed by atoms with Gasteiger partial charge in [0.1, 0.15) is 6.04 Å². The topological polar surface area (TPSA) is 95.5 Å². The number of hydrogen-bond acceptors (Lipinski definition) is 4. The number of amides is 2. The molecule has 1 aromatic heterocycles. The molecule has 6 nitrogen and oxygen atoms in total. The molecule has 0 aliphatic carbocycles. The van der Waals surface area contributed by atoms with Gasteiger partial charge in [-0.2, -0.15) is 0 Å². The number of carboxylic acid groups (broad SMARTS) is 1. The summed E-state index contributed by atoms with van der Waals surface area (Å²) in [5.41, 5.74) is 0. The van der Waals surface area contributed by atoms with Crippen molar-refractivity contribution in [1.82, 2.24) is 10.6 Å². The van der Waals surface area contributed by atoms with Gasteiger partial charge in [0.15, 0.2) is 0 Å². The summed E-state index contributed by atoms with van der Waals surface area (Å²) in [7, 11) is 0. The summed E-state index contributed by atoms with van der Waals surface area (Å²) in [4.78, 5) is 35.8. The molecular formula is C13H18N2O4S. The number of carbonyl (C=O) groups is 3. The van der Waals surface area contributed by atoms with Crippen LogP contribution in [0.15, 0.2) is 12.1 Å². The van der Waals surface area contributed by atoms with E-state index < -0.39 is 17.9 Å². The van der Waals surface area contributed by atoms with Gasteiger partial charge in [0.05, 0.1) is 11.4 Å². The average molecular weight is 298 g/mol. The Labute approximate surface area is 121 Å². The van der Waals surface area contributed by atoms with Crippen molar-refractivity contribution in [3.63, 3.8) is 0 Å². The van der Waals surface area contributed by atoms with Crippen molar-refractivity contribution in [3.05, 3.63) is 21.9 Å². The molecule has 0 aliphatic rings. The van der Waals surface area contributed by atoms with Crippen LogP contribution in [-0.2, 0) is 9.59 Å². The van der Waals surface area contributed by atoms with Crippen LogP contribution in [0, 0.1) is 12.8 Å². The average Bonchev–Trinajstić information content (AvgIpc) is 2.79. The third kappa shape index (κ3) is 4.65. The number of hydrogen-bond donors (Lipinski definition) is 3. The lowest BCUT2D eigenvalue weighted by atomic mass is 10.1. The van der Waals surface area contributed by atoms with Gasteiger partial charge in [-0.1, -0.05) is 13.8 Å². The van der Waals surface area contributed by atoms with Crippen LogP contribution in [-0.4, -0.2) is 35.5 Å². The first kappa shape index (κ1) is 16.2. The van der Waals surface area contributed by atoms with Crippen LogP contribution in [0.4, 0.5) is 0 Å². The van der Waals surface area contributed by atoms with Crippen molar-refractivity contribution in [2.45, 2.75) is 26.8 Å². The maximum absolute atomic E-state index is 11.7. The molecule has 3 N–H and O–H groups in total. The van der Waals surface area contributed by atoms with Crippen molar-refractivity contribution in [3.8, 4) is 0 Å². The van der Waals surface area contributed by atoms with E-state index >= 15 is 0 Å². The normalized spacial score (nSPS) is 12.0. The fourth-order valence-electron chi connectivity index (χ4n) is 1.54. The maximum atomic E-state index is 11.7. The molecule has 0 saturated heterocycles. The molecule has 0 saturated carbocycles. The quantitative estimate of drug-likeness (QED) is 0.730. The molecule has 1 atom stereocenters. The minimum absolute atomic E-state index is 0.230. The molecular weight excluding hydrogens is 280 g/mol. The van der Waals surface area contributed by atoms with Gasteiger partial charge in [-0.25, -0.2) is 4.79 Å². The smallest absolute Gasteiger partial charge is 0.326 e. The number of nitrogens with one attached hydrogen (secondary N) is 2. The maximum Gasteiger partial charge on any atom is 0.326 e. The summed E-state index contributed by atoms with van der Waals surface area (Å²) in [6.45, 7) is 5.04. The fraction of sp³-hybridized carbons (Fsp3) is 0.462. The third-order valence-corrected chi connectivity index (χ3v) is 3.62. The lowest BCUT2D eigenvalue weighted by Crippen LogP contribution is -2.47. The molecule has 0 spiro atoms. The zero-order valence-corrected chi connectivity index (χ0v) is 12.4. The minimum atomic E-state index is -1.09. The Hall–Kier alpha value is -1.89. The summed E-state index contributed by atoms with van der Waals surface area (Å²) in [6, 6.07) is 2.55. The lowest BCUT2D eigenvalue weighted by Gasteiger charge is -2.17. The van der Waals surface area contributed by atoms with Crippen LogP contribution in [0.25, 0.3) is 0 Å². The van der Waals surface area contributed by atoms with Crippen molar-refractivity contribution in [1.29, 1.82) is 0 Å². The Kier molecular flexibility index (Phi) is 5.69. The predicted octanol–water partition coefficient (Wildman–Crippen LogP) is 1.01. The van der Waals surface area contributed by atoms with Crippen LogP contribution in [0.3, 0.4) is 0 Å². The highest BCUT2D eigenvalue weighted by molar-refractivity contribution is 7.13. The molecule has 2 amide bonds. The highest BCUT2D eigenvalue weighted by atomic mass is 32.1. The molecule has 0 unspecified atom stereocenters. The number of carboxylic acids is 1. The van der Waals surface area contributed by atoms with Crippen molar-refractivity contribution >= 4 is 29.1 Å². The largest absolute Gasteiger partial charge is 0.480 e. The summed E-state index contributed by atoms with van der Waals surface area (Å²) >= 11 is 1.33. The molecule has 7 heteroatoms. The van der Waals surface area contributed by atoms with E-state index in [2.05, 4.69) is 10.6 Å². The molecule has 0 aliphatic heterocycles. The van der Waals surface area contributed by atoms with Gasteiger partial charge in [0.2, 0.25) is 5.91 Å². The van der Waals surface area contributed by atoms with Crippen LogP contribution in [0.2, 0.25) is 0 Å². The lowest BCUT2D eigenvalue weighted by molar-refractivity contribution is -0.142. The van der Waals surface area contributed by atoms with E-state index in [1.807, 2.05) is 13.0 Å². The molecule has 1 rings (SSSR count). The molecule has 20 heavy (non-hydrogen) atoms. The number of aliphatic carboxylic acids is 1. The van der Waals surface area contributed by atoms with E-state index in [1.165, 1.54) is 11.3 Å². The molecule has 0 radical (unpaired) electrons. The molecule has 1 aromatic rings. The molecule has 0 fully saturated rings. The SMILES string of the molecule is Cc1ccc(C(=O)NCC(=O)N[C@@H](C(=O)O)C(C)C)s1.